The minimum absolute atomic E-state index is 0.0413. The van der Waals surface area contributed by atoms with E-state index in [1.807, 2.05) is 4.72 Å². The van der Waals surface area contributed by atoms with Crippen LogP contribution in [0.2, 0.25) is 5.02 Å². The van der Waals surface area contributed by atoms with Crippen molar-refractivity contribution in [3.05, 3.63) is 53.1 Å². The van der Waals surface area contributed by atoms with Crippen LogP contribution in [0.5, 0.6) is 0 Å². The van der Waals surface area contributed by atoms with Crippen LogP contribution in [-0.4, -0.2) is 28.5 Å². The molecule has 1 fully saturated rings. The zero-order valence-corrected chi connectivity index (χ0v) is 18.5. The summed E-state index contributed by atoms with van der Waals surface area (Å²) in [6.07, 6.45) is -4.78. The van der Waals surface area contributed by atoms with Crippen molar-refractivity contribution in [2.45, 2.75) is 24.9 Å². The molecule has 2 aromatic rings. The van der Waals surface area contributed by atoms with Crippen molar-refractivity contribution in [1.82, 2.24) is 0 Å². The third-order valence-corrected chi connectivity index (χ3v) is 8.24. The maximum atomic E-state index is 13.0. The molecule has 168 valence electrons. The first-order valence-electron chi connectivity index (χ1n) is 8.62. The Morgan fingerprint density at radius 2 is 1.68 bits per heavy atom. The van der Waals surface area contributed by atoms with Crippen LogP contribution in [0.1, 0.15) is 19.4 Å². The van der Waals surface area contributed by atoms with Crippen molar-refractivity contribution in [2.24, 2.45) is 5.41 Å². The first-order chi connectivity index (χ1) is 14.0. The SMILES string of the molecule is CC1(C)CS(=O)(=O)N(c2ccc(S(=O)(=O)Nc3ccc(Cl)c(C(F)(F)F)c3)cc2)C1=O. The average molecular weight is 497 g/mol. The first kappa shape index (κ1) is 23.4. The van der Waals surface area contributed by atoms with Crippen LogP contribution < -0.4 is 9.03 Å². The highest BCUT2D eigenvalue weighted by molar-refractivity contribution is 7.94. The number of carbonyl (C=O) groups excluding carboxylic acids is 1. The molecule has 0 aliphatic carbocycles. The number of hydrogen-bond acceptors (Lipinski definition) is 5. The largest absolute Gasteiger partial charge is 0.417 e. The third-order valence-electron chi connectivity index (χ3n) is 4.49. The molecule has 0 aromatic heterocycles. The fourth-order valence-electron chi connectivity index (χ4n) is 3.04. The Kier molecular flexibility index (Phi) is 5.56. The van der Waals surface area contributed by atoms with Gasteiger partial charge in [-0.3, -0.25) is 9.52 Å². The quantitative estimate of drug-likeness (QED) is 0.692. The molecule has 0 radical (unpaired) electrons. The van der Waals surface area contributed by atoms with Crippen LogP contribution >= 0.6 is 11.6 Å². The number of amides is 1. The van der Waals surface area contributed by atoms with Gasteiger partial charge in [0.25, 0.3) is 10.0 Å². The summed E-state index contributed by atoms with van der Waals surface area (Å²) < 4.78 is 91.3. The van der Waals surface area contributed by atoms with Gasteiger partial charge in [-0.05, 0) is 56.3 Å². The minimum Gasteiger partial charge on any atom is -0.280 e. The zero-order valence-electron chi connectivity index (χ0n) is 16.1. The number of rotatable bonds is 4. The van der Waals surface area contributed by atoms with E-state index in [1.165, 1.54) is 13.8 Å². The summed E-state index contributed by atoms with van der Waals surface area (Å²) in [6, 6.07) is 6.91. The smallest absolute Gasteiger partial charge is 0.280 e. The van der Waals surface area contributed by atoms with E-state index in [1.54, 1.807) is 0 Å². The van der Waals surface area contributed by atoms with E-state index in [-0.39, 0.29) is 16.3 Å². The molecule has 0 spiro atoms. The van der Waals surface area contributed by atoms with E-state index in [4.69, 9.17) is 11.6 Å². The first-order valence-corrected chi connectivity index (χ1v) is 12.1. The summed E-state index contributed by atoms with van der Waals surface area (Å²) in [5.74, 6) is -1.04. The third kappa shape index (κ3) is 4.51. The average Bonchev–Trinajstić information content (AvgIpc) is 2.78. The Labute approximate surface area is 181 Å². The summed E-state index contributed by atoms with van der Waals surface area (Å²) in [4.78, 5) is 12.1. The normalized spacial score (nSPS) is 18.3. The van der Waals surface area contributed by atoms with Crippen LogP contribution in [0.4, 0.5) is 24.5 Å². The van der Waals surface area contributed by atoms with E-state index in [2.05, 4.69) is 0 Å². The van der Waals surface area contributed by atoms with Crippen molar-refractivity contribution >= 4 is 48.9 Å². The lowest BCUT2D eigenvalue weighted by atomic mass is 9.95. The maximum Gasteiger partial charge on any atom is 0.417 e. The lowest BCUT2D eigenvalue weighted by molar-refractivity contribution is -0.137. The van der Waals surface area contributed by atoms with E-state index < -0.39 is 53.9 Å². The van der Waals surface area contributed by atoms with Gasteiger partial charge in [0.05, 0.1) is 32.3 Å². The molecular formula is C18H16ClF3N2O5S2. The molecule has 3 rings (SSSR count). The number of nitrogens with one attached hydrogen (secondary N) is 1. The van der Waals surface area contributed by atoms with E-state index in [9.17, 15) is 34.8 Å². The van der Waals surface area contributed by atoms with Gasteiger partial charge in [0, 0.05) is 5.69 Å². The second-order valence-corrected chi connectivity index (χ2v) is 11.4. The van der Waals surface area contributed by atoms with Crippen LogP contribution in [0.3, 0.4) is 0 Å². The van der Waals surface area contributed by atoms with Gasteiger partial charge in [0.2, 0.25) is 15.9 Å². The molecule has 2 aromatic carbocycles. The molecular weight excluding hydrogens is 481 g/mol. The van der Waals surface area contributed by atoms with Crippen LogP contribution in [-0.2, 0) is 31.0 Å². The molecule has 0 atom stereocenters. The second-order valence-electron chi connectivity index (χ2n) is 7.50. The van der Waals surface area contributed by atoms with Gasteiger partial charge >= 0.3 is 6.18 Å². The van der Waals surface area contributed by atoms with Crippen molar-refractivity contribution in [1.29, 1.82) is 0 Å². The summed E-state index contributed by atoms with van der Waals surface area (Å²) in [6.45, 7) is 2.97. The molecule has 0 bridgehead atoms. The van der Waals surface area contributed by atoms with Crippen molar-refractivity contribution in [2.75, 3.05) is 14.8 Å². The van der Waals surface area contributed by atoms with Gasteiger partial charge in [-0.2, -0.15) is 13.2 Å². The predicted molar refractivity (Wildman–Crippen MR) is 109 cm³/mol. The van der Waals surface area contributed by atoms with E-state index >= 15 is 0 Å². The molecule has 13 heteroatoms. The van der Waals surface area contributed by atoms with Gasteiger partial charge in [-0.1, -0.05) is 11.6 Å². The number of alkyl halides is 3. The van der Waals surface area contributed by atoms with Gasteiger partial charge < -0.3 is 0 Å². The van der Waals surface area contributed by atoms with Crippen molar-refractivity contribution in [3.8, 4) is 0 Å². The van der Waals surface area contributed by atoms with Gasteiger partial charge in [0.1, 0.15) is 0 Å². The molecule has 31 heavy (non-hydrogen) atoms. The molecule has 1 heterocycles. The topological polar surface area (TPSA) is 101 Å². The van der Waals surface area contributed by atoms with E-state index in [0.29, 0.717) is 10.4 Å². The Balaban J connectivity index is 1.90. The molecule has 7 nitrogen and oxygen atoms in total. The van der Waals surface area contributed by atoms with Gasteiger partial charge in [0.15, 0.2) is 0 Å². The molecule has 0 unspecified atom stereocenters. The lowest BCUT2D eigenvalue weighted by Gasteiger charge is -2.18. The van der Waals surface area contributed by atoms with Gasteiger partial charge in [-0.15, -0.1) is 0 Å². The highest BCUT2D eigenvalue weighted by Crippen LogP contribution is 2.37. The highest BCUT2D eigenvalue weighted by atomic mass is 35.5. The second kappa shape index (κ2) is 7.38. The highest BCUT2D eigenvalue weighted by Gasteiger charge is 2.49. The standard InChI is InChI=1S/C18H16ClF3N2O5S2/c1-17(2)10-30(26,27)24(16(17)25)12-4-6-13(7-5-12)31(28,29)23-11-3-8-15(19)14(9-11)18(20,21)22/h3-9,23H,10H2,1-2H3. The Morgan fingerprint density at radius 1 is 1.10 bits per heavy atom. The molecule has 1 saturated heterocycles. The van der Waals surface area contributed by atoms with Crippen LogP contribution in [0.15, 0.2) is 47.4 Å². The molecule has 0 saturated carbocycles. The zero-order chi connectivity index (χ0) is 23.4. The summed E-state index contributed by atoms with van der Waals surface area (Å²) in [7, 11) is -8.22. The molecule has 1 N–H and O–H groups in total. The fourth-order valence-corrected chi connectivity index (χ4v) is 6.42. The predicted octanol–water partition coefficient (Wildman–Crippen LogP) is 3.86. The number of nitrogens with zero attached hydrogens (tertiary/aromatic N) is 1. The van der Waals surface area contributed by atoms with Gasteiger partial charge in [-0.25, -0.2) is 21.1 Å². The van der Waals surface area contributed by atoms with Crippen molar-refractivity contribution < 1.29 is 34.8 Å². The number of sulfonamides is 2. The number of carbonyl (C=O) groups is 1. The molecule has 1 aliphatic rings. The molecule has 1 aliphatic heterocycles. The Hall–Kier alpha value is -2.31. The monoisotopic (exact) mass is 496 g/mol. The number of benzene rings is 2. The lowest BCUT2D eigenvalue weighted by Crippen LogP contribution is -2.32. The summed E-state index contributed by atoms with van der Waals surface area (Å²) in [5.41, 5.74) is -2.74. The number of anilines is 2. The number of hydrogen-bond donors (Lipinski definition) is 1. The minimum atomic E-state index is -4.78. The number of halogens is 4. The Morgan fingerprint density at radius 3 is 2.16 bits per heavy atom. The van der Waals surface area contributed by atoms with Crippen molar-refractivity contribution in [3.63, 3.8) is 0 Å². The van der Waals surface area contributed by atoms with Crippen LogP contribution in [0, 0.1) is 5.41 Å². The molecule has 1 amide bonds. The summed E-state index contributed by atoms with van der Waals surface area (Å²) >= 11 is 5.53. The maximum absolute atomic E-state index is 13.0. The Bertz CT molecular complexity index is 1260. The summed E-state index contributed by atoms with van der Waals surface area (Å²) in [5, 5.41) is -0.584. The van der Waals surface area contributed by atoms with Crippen LogP contribution in [0.25, 0.3) is 0 Å². The fraction of sp³-hybridized carbons (Fsp3) is 0.278. The van der Waals surface area contributed by atoms with E-state index in [0.717, 1.165) is 36.4 Å².